The van der Waals surface area contributed by atoms with E-state index in [1.807, 2.05) is 38.1 Å². The van der Waals surface area contributed by atoms with Gasteiger partial charge in [-0.05, 0) is 56.1 Å². The van der Waals surface area contributed by atoms with E-state index >= 15 is 0 Å². The van der Waals surface area contributed by atoms with Crippen LogP contribution in [0.25, 0.3) is 10.1 Å². The third-order valence-corrected chi connectivity index (χ3v) is 5.64. The summed E-state index contributed by atoms with van der Waals surface area (Å²) in [5, 5.41) is 10.5. The molecule has 2 N–H and O–H groups in total. The van der Waals surface area contributed by atoms with Crippen LogP contribution in [0.1, 0.15) is 37.9 Å². The predicted octanol–water partition coefficient (Wildman–Crippen LogP) is 4.13. The molecule has 2 aromatic heterocycles. The van der Waals surface area contributed by atoms with Gasteiger partial charge in [0.1, 0.15) is 11.5 Å². The number of nitrogens with zero attached hydrogens (tertiary/aromatic N) is 2. The normalized spacial score (nSPS) is 10.9. The second-order valence-electron chi connectivity index (χ2n) is 6.87. The van der Waals surface area contributed by atoms with Crippen molar-refractivity contribution in [3.8, 4) is 0 Å². The molecular formula is C22H20N4O3S. The Morgan fingerprint density at radius 2 is 1.90 bits per heavy atom. The van der Waals surface area contributed by atoms with Crippen LogP contribution in [0, 0.1) is 13.8 Å². The first kappa shape index (κ1) is 19.8. The predicted molar refractivity (Wildman–Crippen MR) is 116 cm³/mol. The zero-order valence-corrected chi connectivity index (χ0v) is 17.4. The first-order chi connectivity index (χ1) is 14.5. The van der Waals surface area contributed by atoms with Crippen LogP contribution in [0.15, 0.2) is 53.1 Å². The van der Waals surface area contributed by atoms with Crippen LogP contribution in [0.2, 0.25) is 0 Å². The summed E-state index contributed by atoms with van der Waals surface area (Å²) in [7, 11) is 0. The maximum atomic E-state index is 12.7. The summed E-state index contributed by atoms with van der Waals surface area (Å²) in [6.07, 6.45) is 0.639. The molecule has 0 aliphatic rings. The molecule has 8 heteroatoms. The number of carbonyl (C=O) groups excluding carboxylic acids is 2. The molecule has 4 rings (SSSR count). The second kappa shape index (κ2) is 8.46. The lowest BCUT2D eigenvalue weighted by Crippen LogP contribution is -2.26. The summed E-state index contributed by atoms with van der Waals surface area (Å²) in [6.45, 7) is 4.20. The van der Waals surface area contributed by atoms with Gasteiger partial charge < -0.3 is 15.2 Å². The highest BCUT2D eigenvalue weighted by Crippen LogP contribution is 2.23. The fourth-order valence-electron chi connectivity index (χ4n) is 3.24. The summed E-state index contributed by atoms with van der Waals surface area (Å²) in [6, 6.07) is 14.4. The molecule has 30 heavy (non-hydrogen) atoms. The Morgan fingerprint density at radius 1 is 1.07 bits per heavy atom. The maximum absolute atomic E-state index is 12.7. The number of hydrogen-bond donors (Lipinski definition) is 2. The Bertz CT molecular complexity index is 1210. The van der Waals surface area contributed by atoms with Crippen LogP contribution in [0.3, 0.4) is 0 Å². The van der Waals surface area contributed by atoms with Crippen molar-refractivity contribution in [3.63, 3.8) is 0 Å². The van der Waals surface area contributed by atoms with E-state index in [2.05, 4.69) is 20.2 Å². The minimum atomic E-state index is -0.302. The highest BCUT2D eigenvalue weighted by molar-refractivity contribution is 7.13. The molecule has 0 saturated carbocycles. The van der Waals surface area contributed by atoms with Gasteiger partial charge in [-0.3, -0.25) is 9.59 Å². The van der Waals surface area contributed by atoms with Crippen LogP contribution in [-0.4, -0.2) is 27.9 Å². The van der Waals surface area contributed by atoms with Crippen molar-refractivity contribution < 1.29 is 14.1 Å². The number of aryl methyl sites for hydroxylation is 2. The molecule has 0 aliphatic heterocycles. The van der Waals surface area contributed by atoms with E-state index in [1.54, 1.807) is 24.3 Å². The number of aromatic nitrogens is 2. The molecule has 2 aromatic carbocycles. The fraction of sp³-hybridized carbons (Fsp3) is 0.182. The number of fused-ring (bicyclic) bond motifs is 1. The quantitative estimate of drug-likeness (QED) is 0.489. The number of rotatable bonds is 6. The van der Waals surface area contributed by atoms with Crippen molar-refractivity contribution in [2.75, 3.05) is 11.9 Å². The molecule has 7 nitrogen and oxygen atoms in total. The Kier molecular flexibility index (Phi) is 5.58. The van der Waals surface area contributed by atoms with Crippen molar-refractivity contribution in [2.24, 2.45) is 0 Å². The Hall–Kier alpha value is -3.52. The molecule has 0 radical (unpaired) electrons. The molecule has 0 unspecified atom stereocenters. The molecule has 0 atom stereocenters. The number of hydrogen-bond acceptors (Lipinski definition) is 6. The first-order valence-corrected chi connectivity index (χ1v) is 10.3. The van der Waals surface area contributed by atoms with Crippen molar-refractivity contribution >= 4 is 39.1 Å². The minimum absolute atomic E-state index is 0.211. The average Bonchev–Trinajstić information content (AvgIpc) is 3.32. The molecule has 0 bridgehead atoms. The molecule has 2 heterocycles. The molecule has 152 valence electrons. The second-order valence-corrected chi connectivity index (χ2v) is 7.68. The van der Waals surface area contributed by atoms with E-state index < -0.39 is 0 Å². The smallest absolute Gasteiger partial charge is 0.276 e. The van der Waals surface area contributed by atoms with Crippen molar-refractivity contribution in [1.82, 2.24) is 14.8 Å². The third-order valence-electron chi connectivity index (χ3n) is 4.82. The summed E-state index contributed by atoms with van der Waals surface area (Å²) < 4.78 is 10.4. The lowest BCUT2D eigenvalue weighted by atomic mass is 10.1. The SMILES string of the molecule is Cc1noc(C)c1CCNC(=O)c1cccc(NC(=O)c2nsc3ccccc23)c1. The number of carbonyl (C=O) groups is 2. The summed E-state index contributed by atoms with van der Waals surface area (Å²) in [5.41, 5.74) is 3.22. The summed E-state index contributed by atoms with van der Waals surface area (Å²) in [5.74, 6) is 0.251. The number of amides is 2. The van der Waals surface area contributed by atoms with E-state index in [4.69, 9.17) is 4.52 Å². The third kappa shape index (κ3) is 4.08. The van der Waals surface area contributed by atoms with Gasteiger partial charge in [0.2, 0.25) is 0 Å². The lowest BCUT2D eigenvalue weighted by molar-refractivity contribution is 0.0952. The van der Waals surface area contributed by atoms with Gasteiger partial charge in [0.05, 0.1) is 10.4 Å². The highest BCUT2D eigenvalue weighted by Gasteiger charge is 2.15. The number of nitrogens with one attached hydrogen (secondary N) is 2. The lowest BCUT2D eigenvalue weighted by Gasteiger charge is -2.08. The molecule has 0 spiro atoms. The molecule has 4 aromatic rings. The molecule has 0 saturated heterocycles. The van der Waals surface area contributed by atoms with Gasteiger partial charge in [-0.1, -0.05) is 29.4 Å². The molecule has 0 fully saturated rings. The van der Waals surface area contributed by atoms with Crippen LogP contribution >= 0.6 is 11.5 Å². The van der Waals surface area contributed by atoms with Gasteiger partial charge in [0.25, 0.3) is 11.8 Å². The van der Waals surface area contributed by atoms with E-state index in [-0.39, 0.29) is 11.8 Å². The maximum Gasteiger partial charge on any atom is 0.276 e. The molecule has 0 aliphatic carbocycles. The number of anilines is 1. The van der Waals surface area contributed by atoms with Gasteiger partial charge in [0, 0.05) is 28.7 Å². The fourth-order valence-corrected chi connectivity index (χ4v) is 4.01. The summed E-state index contributed by atoms with van der Waals surface area (Å²) >= 11 is 1.28. The number of benzene rings is 2. The van der Waals surface area contributed by atoms with Crippen LogP contribution in [0.5, 0.6) is 0 Å². The van der Waals surface area contributed by atoms with E-state index in [0.717, 1.165) is 27.1 Å². The van der Waals surface area contributed by atoms with E-state index in [9.17, 15) is 9.59 Å². The Morgan fingerprint density at radius 3 is 2.70 bits per heavy atom. The topological polar surface area (TPSA) is 97.1 Å². The highest BCUT2D eigenvalue weighted by atomic mass is 32.1. The van der Waals surface area contributed by atoms with Crippen LogP contribution < -0.4 is 10.6 Å². The van der Waals surface area contributed by atoms with E-state index in [0.29, 0.717) is 29.9 Å². The zero-order valence-electron chi connectivity index (χ0n) is 16.6. The Balaban J connectivity index is 1.40. The van der Waals surface area contributed by atoms with Crippen molar-refractivity contribution in [2.45, 2.75) is 20.3 Å². The van der Waals surface area contributed by atoms with Gasteiger partial charge in [-0.2, -0.15) is 4.37 Å². The first-order valence-electron chi connectivity index (χ1n) is 9.48. The minimum Gasteiger partial charge on any atom is -0.361 e. The van der Waals surface area contributed by atoms with Crippen LogP contribution in [0.4, 0.5) is 5.69 Å². The zero-order chi connectivity index (χ0) is 21.1. The van der Waals surface area contributed by atoms with Gasteiger partial charge in [0.15, 0.2) is 0 Å². The standard InChI is InChI=1S/C22H20N4O3S/c1-13-17(14(2)29-25-13)10-11-23-21(27)15-6-5-7-16(12-15)24-22(28)20-18-8-3-4-9-19(18)30-26-20/h3-9,12H,10-11H2,1-2H3,(H,23,27)(H,24,28). The monoisotopic (exact) mass is 420 g/mol. The van der Waals surface area contributed by atoms with Crippen molar-refractivity contribution in [1.29, 1.82) is 0 Å². The van der Waals surface area contributed by atoms with Gasteiger partial charge >= 0.3 is 0 Å². The van der Waals surface area contributed by atoms with Crippen molar-refractivity contribution in [3.05, 3.63) is 76.8 Å². The average molecular weight is 420 g/mol. The molecular weight excluding hydrogens is 400 g/mol. The van der Waals surface area contributed by atoms with Gasteiger partial charge in [-0.25, -0.2) is 0 Å². The Labute approximate surface area is 177 Å². The van der Waals surface area contributed by atoms with Crippen LogP contribution in [-0.2, 0) is 6.42 Å². The largest absolute Gasteiger partial charge is 0.361 e. The van der Waals surface area contributed by atoms with E-state index in [1.165, 1.54) is 11.5 Å². The van der Waals surface area contributed by atoms with Gasteiger partial charge in [-0.15, -0.1) is 0 Å². The molecule has 2 amide bonds. The summed E-state index contributed by atoms with van der Waals surface area (Å²) in [4.78, 5) is 25.2.